The summed E-state index contributed by atoms with van der Waals surface area (Å²) in [4.78, 5) is 10.3. The summed E-state index contributed by atoms with van der Waals surface area (Å²) in [5, 5.41) is 10.3. The van der Waals surface area contributed by atoms with Gasteiger partial charge in [-0.05, 0) is 28.7 Å². The van der Waals surface area contributed by atoms with E-state index in [2.05, 4.69) is 12.6 Å². The molecule has 0 bridgehead atoms. The standard InChI is InChI=1S/C6H4INO2S/c7-4-2-1-3-5(6(4)11)8(9)10/h1-3,11H. The third kappa shape index (κ3) is 1.84. The van der Waals surface area contributed by atoms with Crippen molar-refractivity contribution in [2.45, 2.75) is 4.90 Å². The van der Waals surface area contributed by atoms with Gasteiger partial charge in [-0.2, -0.15) is 0 Å². The third-order valence-electron chi connectivity index (χ3n) is 1.16. The van der Waals surface area contributed by atoms with Crippen LogP contribution >= 0.6 is 35.2 Å². The molecule has 0 aliphatic heterocycles. The largest absolute Gasteiger partial charge is 0.283 e. The number of nitro benzene ring substituents is 1. The molecule has 3 nitrogen and oxygen atoms in total. The molecule has 1 aromatic carbocycles. The fourth-order valence-corrected chi connectivity index (χ4v) is 1.37. The van der Waals surface area contributed by atoms with E-state index in [0.717, 1.165) is 3.57 Å². The van der Waals surface area contributed by atoms with Gasteiger partial charge in [0.15, 0.2) is 0 Å². The summed E-state index contributed by atoms with van der Waals surface area (Å²) in [5.74, 6) is 0. The van der Waals surface area contributed by atoms with Crippen molar-refractivity contribution in [3.63, 3.8) is 0 Å². The van der Waals surface area contributed by atoms with Crippen LogP contribution in [0.25, 0.3) is 0 Å². The molecule has 5 heteroatoms. The van der Waals surface area contributed by atoms with Gasteiger partial charge in [0.25, 0.3) is 5.69 Å². The highest BCUT2D eigenvalue weighted by atomic mass is 127. The van der Waals surface area contributed by atoms with E-state index in [9.17, 15) is 10.1 Å². The summed E-state index contributed by atoms with van der Waals surface area (Å²) >= 11 is 6.00. The smallest absolute Gasteiger partial charge is 0.258 e. The second-order valence-electron chi connectivity index (χ2n) is 1.86. The van der Waals surface area contributed by atoms with Gasteiger partial charge in [-0.15, -0.1) is 12.6 Å². The van der Waals surface area contributed by atoms with Crippen LogP contribution in [0.5, 0.6) is 0 Å². The maximum atomic E-state index is 10.3. The molecule has 0 aliphatic rings. The molecule has 0 N–H and O–H groups in total. The number of rotatable bonds is 1. The Labute approximate surface area is 82.5 Å². The quantitative estimate of drug-likeness (QED) is 0.372. The normalized spacial score (nSPS) is 9.64. The molecule has 0 radical (unpaired) electrons. The van der Waals surface area contributed by atoms with Crippen molar-refractivity contribution in [2.75, 3.05) is 0 Å². The predicted octanol–water partition coefficient (Wildman–Crippen LogP) is 2.49. The Balaban J connectivity index is 3.27. The van der Waals surface area contributed by atoms with Gasteiger partial charge in [-0.1, -0.05) is 6.07 Å². The molecule has 0 fully saturated rings. The molecule has 58 valence electrons. The Bertz CT molecular complexity index is 303. The van der Waals surface area contributed by atoms with E-state index < -0.39 is 4.92 Å². The van der Waals surface area contributed by atoms with E-state index >= 15 is 0 Å². The van der Waals surface area contributed by atoms with Gasteiger partial charge in [0.1, 0.15) is 0 Å². The Kier molecular flexibility index (Phi) is 2.72. The molecule has 0 unspecified atom stereocenters. The number of benzene rings is 1. The average Bonchev–Trinajstić information content (AvgIpc) is 1.94. The highest BCUT2D eigenvalue weighted by molar-refractivity contribution is 14.1. The SMILES string of the molecule is O=[N+]([O-])c1cccc(I)c1S. The molecule has 0 spiro atoms. The summed E-state index contributed by atoms with van der Waals surface area (Å²) in [5.41, 5.74) is 0.0558. The highest BCUT2D eigenvalue weighted by Gasteiger charge is 2.11. The van der Waals surface area contributed by atoms with E-state index in [1.54, 1.807) is 12.1 Å². The lowest BCUT2D eigenvalue weighted by Gasteiger charge is -1.96. The van der Waals surface area contributed by atoms with Crippen molar-refractivity contribution in [1.29, 1.82) is 0 Å². The number of nitro groups is 1. The molecule has 1 rings (SSSR count). The van der Waals surface area contributed by atoms with Crippen LogP contribution in [0.1, 0.15) is 0 Å². The van der Waals surface area contributed by atoms with Crippen LogP contribution < -0.4 is 0 Å². The van der Waals surface area contributed by atoms with E-state index in [1.165, 1.54) is 6.07 Å². The Morgan fingerprint density at radius 1 is 1.55 bits per heavy atom. The number of halogens is 1. The van der Waals surface area contributed by atoms with Crippen LogP contribution in [0, 0.1) is 13.7 Å². The van der Waals surface area contributed by atoms with Gasteiger partial charge in [0, 0.05) is 9.64 Å². The zero-order chi connectivity index (χ0) is 8.43. The van der Waals surface area contributed by atoms with Gasteiger partial charge in [-0.25, -0.2) is 0 Å². The number of hydrogen-bond acceptors (Lipinski definition) is 3. The first kappa shape index (κ1) is 8.79. The maximum absolute atomic E-state index is 10.3. The fraction of sp³-hybridized carbons (Fsp3) is 0. The lowest BCUT2D eigenvalue weighted by molar-refractivity contribution is -0.387. The molecule has 0 amide bonds. The summed E-state index contributed by atoms with van der Waals surface area (Å²) in [7, 11) is 0. The maximum Gasteiger partial charge on any atom is 0.283 e. The Hall–Kier alpha value is -0.300. The number of nitrogens with zero attached hydrogens (tertiary/aromatic N) is 1. The highest BCUT2D eigenvalue weighted by Crippen LogP contribution is 2.26. The molecular formula is C6H4INO2S. The molecule has 1 aromatic rings. The van der Waals surface area contributed by atoms with Crippen LogP contribution in [0.4, 0.5) is 5.69 Å². The van der Waals surface area contributed by atoms with E-state index in [-0.39, 0.29) is 5.69 Å². The van der Waals surface area contributed by atoms with Crippen molar-refractivity contribution in [3.8, 4) is 0 Å². The van der Waals surface area contributed by atoms with Gasteiger partial charge in [-0.3, -0.25) is 10.1 Å². The van der Waals surface area contributed by atoms with Crippen LogP contribution in [-0.2, 0) is 0 Å². The first-order valence-corrected chi connectivity index (χ1v) is 4.27. The van der Waals surface area contributed by atoms with Crippen molar-refractivity contribution in [1.82, 2.24) is 0 Å². The Morgan fingerprint density at radius 2 is 2.18 bits per heavy atom. The predicted molar refractivity (Wildman–Crippen MR) is 53.1 cm³/mol. The summed E-state index contributed by atoms with van der Waals surface area (Å²) in [6.07, 6.45) is 0. The third-order valence-corrected chi connectivity index (χ3v) is 2.96. The van der Waals surface area contributed by atoms with Crippen LogP contribution in [0.3, 0.4) is 0 Å². The topological polar surface area (TPSA) is 43.1 Å². The Morgan fingerprint density at radius 3 is 2.64 bits per heavy atom. The first-order valence-electron chi connectivity index (χ1n) is 2.75. The average molecular weight is 281 g/mol. The molecule has 0 aromatic heterocycles. The molecular weight excluding hydrogens is 277 g/mol. The first-order chi connectivity index (χ1) is 5.13. The van der Waals surface area contributed by atoms with Gasteiger partial charge in [0.2, 0.25) is 0 Å². The van der Waals surface area contributed by atoms with Crippen LogP contribution in [0.2, 0.25) is 0 Å². The number of hydrogen-bond donors (Lipinski definition) is 1. The van der Waals surface area contributed by atoms with Crippen LogP contribution in [0.15, 0.2) is 23.1 Å². The molecule has 0 aliphatic carbocycles. The second kappa shape index (κ2) is 3.40. The van der Waals surface area contributed by atoms with Crippen molar-refractivity contribution >= 4 is 40.9 Å². The van der Waals surface area contributed by atoms with Crippen molar-refractivity contribution < 1.29 is 4.92 Å². The zero-order valence-corrected chi connectivity index (χ0v) is 8.37. The van der Waals surface area contributed by atoms with Crippen molar-refractivity contribution in [3.05, 3.63) is 31.9 Å². The summed E-state index contributed by atoms with van der Waals surface area (Å²) < 4.78 is 0.792. The fourth-order valence-electron chi connectivity index (χ4n) is 0.651. The summed E-state index contributed by atoms with van der Waals surface area (Å²) in [6.45, 7) is 0. The minimum Gasteiger partial charge on any atom is -0.258 e. The second-order valence-corrected chi connectivity index (χ2v) is 3.47. The van der Waals surface area contributed by atoms with Gasteiger partial charge >= 0.3 is 0 Å². The van der Waals surface area contributed by atoms with Gasteiger partial charge < -0.3 is 0 Å². The molecule has 0 heterocycles. The van der Waals surface area contributed by atoms with Crippen LogP contribution in [-0.4, -0.2) is 4.92 Å². The summed E-state index contributed by atoms with van der Waals surface area (Å²) in [6, 6.07) is 4.85. The van der Waals surface area contributed by atoms with Gasteiger partial charge in [0.05, 0.1) is 9.82 Å². The lowest BCUT2D eigenvalue weighted by atomic mass is 10.3. The minimum absolute atomic E-state index is 0.0558. The van der Waals surface area contributed by atoms with E-state index in [0.29, 0.717) is 4.90 Å². The molecule has 0 saturated carbocycles. The lowest BCUT2D eigenvalue weighted by Crippen LogP contribution is -1.90. The number of thiol groups is 1. The van der Waals surface area contributed by atoms with Crippen molar-refractivity contribution in [2.24, 2.45) is 0 Å². The minimum atomic E-state index is -0.440. The molecule has 11 heavy (non-hydrogen) atoms. The molecule has 0 atom stereocenters. The monoisotopic (exact) mass is 281 g/mol. The van der Waals surface area contributed by atoms with E-state index in [1.807, 2.05) is 22.6 Å². The van der Waals surface area contributed by atoms with E-state index in [4.69, 9.17) is 0 Å². The molecule has 0 saturated heterocycles. The zero-order valence-electron chi connectivity index (χ0n) is 5.32.